The molecule has 0 saturated heterocycles. The standard InChI is InChI=1S/C13H15IO2/c1-13(15,11-3-2-8-16-9-11)10-4-6-12(14)7-5-10/h4-7,9,15H,2-3,8H2,1H3. The van der Waals surface area contributed by atoms with Crippen LogP contribution in [-0.2, 0) is 10.3 Å². The third kappa shape index (κ3) is 2.40. The first-order valence-electron chi connectivity index (χ1n) is 5.40. The van der Waals surface area contributed by atoms with Gasteiger partial charge in [-0.05, 0) is 65.6 Å². The fourth-order valence-electron chi connectivity index (χ4n) is 1.88. The van der Waals surface area contributed by atoms with Crippen molar-refractivity contribution in [1.29, 1.82) is 0 Å². The summed E-state index contributed by atoms with van der Waals surface area (Å²) in [5.41, 5.74) is 0.967. The minimum Gasteiger partial charge on any atom is -0.501 e. The van der Waals surface area contributed by atoms with Crippen LogP contribution >= 0.6 is 22.6 Å². The number of hydrogen-bond acceptors (Lipinski definition) is 2. The summed E-state index contributed by atoms with van der Waals surface area (Å²) < 4.78 is 6.46. The first kappa shape index (κ1) is 11.9. The van der Waals surface area contributed by atoms with Gasteiger partial charge in [0.05, 0.1) is 12.9 Å². The molecular weight excluding hydrogens is 315 g/mol. The van der Waals surface area contributed by atoms with Crippen molar-refractivity contribution in [2.24, 2.45) is 0 Å². The van der Waals surface area contributed by atoms with Crippen molar-refractivity contribution in [3.8, 4) is 0 Å². The van der Waals surface area contributed by atoms with E-state index >= 15 is 0 Å². The molecule has 0 radical (unpaired) electrons. The first-order chi connectivity index (χ1) is 7.60. The van der Waals surface area contributed by atoms with Gasteiger partial charge < -0.3 is 9.84 Å². The maximum atomic E-state index is 10.6. The van der Waals surface area contributed by atoms with Crippen LogP contribution in [0.5, 0.6) is 0 Å². The van der Waals surface area contributed by atoms with E-state index in [1.54, 1.807) is 6.26 Å². The van der Waals surface area contributed by atoms with E-state index in [1.807, 2.05) is 31.2 Å². The molecule has 0 bridgehead atoms. The zero-order valence-corrected chi connectivity index (χ0v) is 11.4. The van der Waals surface area contributed by atoms with E-state index in [-0.39, 0.29) is 0 Å². The van der Waals surface area contributed by atoms with E-state index in [0.29, 0.717) is 0 Å². The zero-order valence-electron chi connectivity index (χ0n) is 9.24. The van der Waals surface area contributed by atoms with E-state index in [0.717, 1.165) is 30.6 Å². The Kier molecular flexibility index (Phi) is 3.54. The van der Waals surface area contributed by atoms with Crippen molar-refractivity contribution >= 4 is 22.6 Å². The Bertz CT molecular complexity index is 393. The van der Waals surface area contributed by atoms with Crippen LogP contribution in [-0.4, -0.2) is 11.7 Å². The molecule has 0 amide bonds. The molecule has 1 unspecified atom stereocenters. The molecule has 1 aromatic carbocycles. The zero-order chi connectivity index (χ0) is 11.6. The topological polar surface area (TPSA) is 29.5 Å². The summed E-state index contributed by atoms with van der Waals surface area (Å²) in [4.78, 5) is 0. The van der Waals surface area contributed by atoms with Gasteiger partial charge in [0.2, 0.25) is 0 Å². The minimum absolute atomic E-state index is 0.756. The van der Waals surface area contributed by atoms with Gasteiger partial charge in [0.15, 0.2) is 0 Å². The predicted molar refractivity (Wildman–Crippen MR) is 72.0 cm³/mol. The fourth-order valence-corrected chi connectivity index (χ4v) is 2.24. The quantitative estimate of drug-likeness (QED) is 0.844. The summed E-state index contributed by atoms with van der Waals surface area (Å²) in [7, 11) is 0. The lowest BCUT2D eigenvalue weighted by atomic mass is 9.86. The van der Waals surface area contributed by atoms with Gasteiger partial charge in [-0.25, -0.2) is 0 Å². The van der Waals surface area contributed by atoms with Gasteiger partial charge in [-0.3, -0.25) is 0 Å². The largest absolute Gasteiger partial charge is 0.501 e. The van der Waals surface area contributed by atoms with Crippen LogP contribution in [0.1, 0.15) is 25.3 Å². The lowest BCUT2D eigenvalue weighted by Crippen LogP contribution is -2.26. The van der Waals surface area contributed by atoms with E-state index < -0.39 is 5.60 Å². The van der Waals surface area contributed by atoms with Gasteiger partial charge in [-0.15, -0.1) is 0 Å². The molecule has 0 fully saturated rings. The summed E-state index contributed by atoms with van der Waals surface area (Å²) in [6, 6.07) is 7.96. The average Bonchev–Trinajstić information content (AvgIpc) is 2.31. The molecule has 1 aromatic rings. The van der Waals surface area contributed by atoms with Crippen LogP contribution in [0, 0.1) is 3.57 Å². The second-order valence-corrected chi connectivity index (χ2v) is 5.44. The van der Waals surface area contributed by atoms with Crippen molar-refractivity contribution in [2.45, 2.75) is 25.4 Å². The van der Waals surface area contributed by atoms with Crippen LogP contribution in [0.2, 0.25) is 0 Å². The first-order valence-corrected chi connectivity index (χ1v) is 6.48. The van der Waals surface area contributed by atoms with E-state index in [4.69, 9.17) is 4.74 Å². The van der Waals surface area contributed by atoms with Crippen LogP contribution < -0.4 is 0 Å². The Labute approximate surface area is 109 Å². The maximum absolute atomic E-state index is 10.6. The van der Waals surface area contributed by atoms with Gasteiger partial charge in [-0.1, -0.05) is 12.1 Å². The van der Waals surface area contributed by atoms with Crippen molar-refractivity contribution < 1.29 is 9.84 Å². The van der Waals surface area contributed by atoms with E-state index in [1.165, 1.54) is 3.57 Å². The molecule has 1 aliphatic heterocycles. The lowest BCUT2D eigenvalue weighted by molar-refractivity contribution is 0.0785. The number of ether oxygens (including phenoxy) is 1. The second kappa shape index (κ2) is 4.75. The van der Waals surface area contributed by atoms with E-state index in [2.05, 4.69) is 22.6 Å². The summed E-state index contributed by atoms with van der Waals surface area (Å²) >= 11 is 2.26. The third-order valence-corrected chi connectivity index (χ3v) is 3.68. The maximum Gasteiger partial charge on any atom is 0.111 e. The molecule has 0 saturated carbocycles. The fraction of sp³-hybridized carbons (Fsp3) is 0.385. The Morgan fingerprint density at radius 2 is 2.00 bits per heavy atom. The molecule has 0 spiro atoms. The summed E-state index contributed by atoms with van der Waals surface area (Å²) in [6.07, 6.45) is 3.59. The van der Waals surface area contributed by atoms with Crippen molar-refractivity contribution in [2.75, 3.05) is 6.61 Å². The molecule has 1 N–H and O–H groups in total. The van der Waals surface area contributed by atoms with Crippen molar-refractivity contribution in [3.05, 3.63) is 45.2 Å². The molecule has 3 heteroatoms. The molecule has 86 valence electrons. The molecule has 2 rings (SSSR count). The Balaban J connectivity index is 2.30. The Hall–Kier alpha value is -0.550. The average molecular weight is 330 g/mol. The van der Waals surface area contributed by atoms with Crippen molar-refractivity contribution in [1.82, 2.24) is 0 Å². The molecule has 0 aromatic heterocycles. The Morgan fingerprint density at radius 1 is 1.31 bits per heavy atom. The lowest BCUT2D eigenvalue weighted by Gasteiger charge is -2.29. The summed E-state index contributed by atoms with van der Waals surface area (Å²) in [5, 5.41) is 10.6. The third-order valence-electron chi connectivity index (χ3n) is 2.97. The van der Waals surface area contributed by atoms with Crippen LogP contribution in [0.4, 0.5) is 0 Å². The number of hydrogen-bond donors (Lipinski definition) is 1. The minimum atomic E-state index is -0.912. The molecule has 0 aliphatic carbocycles. The summed E-state index contributed by atoms with van der Waals surface area (Å²) in [5.74, 6) is 0. The molecule has 2 nitrogen and oxygen atoms in total. The van der Waals surface area contributed by atoms with Gasteiger partial charge >= 0.3 is 0 Å². The smallest absolute Gasteiger partial charge is 0.111 e. The summed E-state index contributed by atoms with van der Waals surface area (Å²) in [6.45, 7) is 2.59. The number of rotatable bonds is 2. The van der Waals surface area contributed by atoms with Crippen molar-refractivity contribution in [3.63, 3.8) is 0 Å². The van der Waals surface area contributed by atoms with Crippen LogP contribution in [0.25, 0.3) is 0 Å². The number of aliphatic hydroxyl groups is 1. The van der Waals surface area contributed by atoms with E-state index in [9.17, 15) is 5.11 Å². The highest BCUT2D eigenvalue weighted by atomic mass is 127. The molecule has 1 aliphatic rings. The normalized spacial score (nSPS) is 19.6. The van der Waals surface area contributed by atoms with Gasteiger partial charge in [0.1, 0.15) is 5.60 Å². The Morgan fingerprint density at radius 3 is 2.56 bits per heavy atom. The van der Waals surface area contributed by atoms with Gasteiger partial charge in [0, 0.05) is 3.57 Å². The predicted octanol–water partition coefficient (Wildman–Crippen LogP) is 3.19. The van der Waals surface area contributed by atoms with Crippen LogP contribution in [0.15, 0.2) is 36.1 Å². The molecule has 1 atom stereocenters. The highest BCUT2D eigenvalue weighted by Crippen LogP contribution is 2.33. The molecular formula is C13H15IO2. The highest BCUT2D eigenvalue weighted by molar-refractivity contribution is 14.1. The second-order valence-electron chi connectivity index (χ2n) is 4.20. The van der Waals surface area contributed by atoms with Gasteiger partial charge in [0.25, 0.3) is 0 Å². The number of benzene rings is 1. The number of halogens is 1. The highest BCUT2D eigenvalue weighted by Gasteiger charge is 2.29. The monoisotopic (exact) mass is 330 g/mol. The molecule has 1 heterocycles. The van der Waals surface area contributed by atoms with Gasteiger partial charge in [-0.2, -0.15) is 0 Å². The van der Waals surface area contributed by atoms with Crippen LogP contribution in [0.3, 0.4) is 0 Å². The molecule has 16 heavy (non-hydrogen) atoms. The SMILES string of the molecule is CC(O)(C1=COCCC1)c1ccc(I)cc1.